The predicted octanol–water partition coefficient (Wildman–Crippen LogP) is 12.3. The van der Waals surface area contributed by atoms with Gasteiger partial charge < -0.3 is 4.74 Å². The van der Waals surface area contributed by atoms with Gasteiger partial charge in [0.1, 0.15) is 0 Å². The van der Waals surface area contributed by atoms with Crippen LogP contribution in [-0.2, 0) is 26.5 Å². The summed E-state index contributed by atoms with van der Waals surface area (Å²) in [6.07, 6.45) is -1.66. The van der Waals surface area contributed by atoms with Crippen LogP contribution in [0.15, 0.2) is 110 Å². The molecule has 1 aliphatic carbocycles. The van der Waals surface area contributed by atoms with Crippen LogP contribution in [0.4, 0.5) is 13.2 Å². The normalized spacial score (nSPS) is 15.9. The number of fused-ring (bicyclic) bond motifs is 3. The lowest BCUT2D eigenvalue weighted by molar-refractivity contribution is -0.138. The maximum Gasteiger partial charge on any atom is 0.416 e. The lowest BCUT2D eigenvalue weighted by Gasteiger charge is -2.34. The van der Waals surface area contributed by atoms with Crippen molar-refractivity contribution in [1.82, 2.24) is 0 Å². The Morgan fingerprint density at radius 3 is 2.02 bits per heavy atom. The molecule has 0 fully saturated rings. The average Bonchev–Trinajstić information content (AvgIpc) is 3.35. The van der Waals surface area contributed by atoms with E-state index in [-0.39, 0.29) is 12.0 Å². The van der Waals surface area contributed by atoms with Gasteiger partial charge in [0.25, 0.3) is 0 Å². The van der Waals surface area contributed by atoms with Crippen molar-refractivity contribution in [2.45, 2.75) is 64.0 Å². The van der Waals surface area contributed by atoms with Crippen LogP contribution >= 0.6 is 0 Å². The smallest absolute Gasteiger partial charge is 0.416 e. The zero-order valence-corrected chi connectivity index (χ0v) is 28.4. The predicted molar refractivity (Wildman–Crippen MR) is 195 cm³/mol. The van der Waals surface area contributed by atoms with Crippen molar-refractivity contribution in [2.24, 2.45) is 0 Å². The Morgan fingerprint density at radius 2 is 1.37 bits per heavy atom. The van der Waals surface area contributed by atoms with Crippen molar-refractivity contribution in [3.05, 3.63) is 132 Å². The van der Waals surface area contributed by atoms with Crippen molar-refractivity contribution < 1.29 is 22.7 Å². The summed E-state index contributed by atoms with van der Waals surface area (Å²) in [4.78, 5) is 11.6. The molecule has 49 heavy (non-hydrogen) atoms. The van der Waals surface area contributed by atoms with E-state index in [4.69, 9.17) is 4.74 Å². The Labute approximate surface area is 285 Å². The van der Waals surface area contributed by atoms with Crippen LogP contribution in [0, 0.1) is 0 Å². The van der Waals surface area contributed by atoms with Gasteiger partial charge in [0.15, 0.2) is 0 Å². The molecular formula is C44H39F3O2. The van der Waals surface area contributed by atoms with Gasteiger partial charge in [-0.25, -0.2) is 4.79 Å². The van der Waals surface area contributed by atoms with Gasteiger partial charge in [0.05, 0.1) is 12.2 Å². The maximum absolute atomic E-state index is 14.1. The zero-order chi connectivity index (χ0) is 34.9. The molecule has 0 aromatic heterocycles. The first-order valence-electron chi connectivity index (χ1n) is 16.8. The molecule has 1 atom stereocenters. The Kier molecular flexibility index (Phi) is 7.74. The third-order valence-electron chi connectivity index (χ3n) is 10.4. The van der Waals surface area contributed by atoms with E-state index in [2.05, 4.69) is 101 Å². The molecule has 0 radical (unpaired) electrons. The van der Waals surface area contributed by atoms with Crippen LogP contribution in [0.5, 0.6) is 0 Å². The SMILES string of the molecule is C=CC(=O)OCCCCC1(C(=C)C)c2cc(-c3ccc4ccc5cc(C(C)(C)C)cc6ccc3c4c56)ccc2-c2ccc(C(F)(F)F)cc21. The number of carbonyl (C=O) groups excluding carboxylic acids is 1. The first-order chi connectivity index (χ1) is 23.2. The highest BCUT2D eigenvalue weighted by molar-refractivity contribution is 6.25. The maximum atomic E-state index is 14.1. The van der Waals surface area contributed by atoms with E-state index < -0.39 is 23.1 Å². The highest BCUT2D eigenvalue weighted by Gasteiger charge is 2.45. The topological polar surface area (TPSA) is 26.3 Å². The standard InChI is InChI=1S/C44H39F3O2/c1-7-39(48)49-21-9-8-20-43(26(2)3)37-24-28(13-17-34(37)35-19-15-31(25-38(35)43)44(45,46)47)33-16-12-27-10-11-29-22-32(42(4,5)6)23-30-14-18-36(33)41(27)40(29)30/h7,10-19,22-25H,1-2,8-9,20-21H2,3-6H3. The molecule has 5 heteroatoms. The molecule has 1 aliphatic rings. The summed E-state index contributed by atoms with van der Waals surface area (Å²) in [5.41, 5.74) is 5.92. The Hall–Kier alpha value is -4.90. The molecular weight excluding hydrogens is 617 g/mol. The van der Waals surface area contributed by atoms with Crippen LogP contribution in [0.3, 0.4) is 0 Å². The number of carbonyl (C=O) groups is 1. The molecule has 0 spiro atoms. The molecule has 0 saturated heterocycles. The summed E-state index contributed by atoms with van der Waals surface area (Å²) < 4.78 is 47.5. The van der Waals surface area contributed by atoms with Gasteiger partial charge in [0, 0.05) is 11.5 Å². The van der Waals surface area contributed by atoms with E-state index in [1.807, 2.05) is 6.92 Å². The molecule has 248 valence electrons. The van der Waals surface area contributed by atoms with E-state index >= 15 is 0 Å². The minimum absolute atomic E-state index is 0.0181. The lowest BCUT2D eigenvalue weighted by Crippen LogP contribution is -2.27. The number of unbranched alkanes of at least 4 members (excludes halogenated alkanes) is 1. The van der Waals surface area contributed by atoms with Gasteiger partial charge in [-0.2, -0.15) is 13.2 Å². The second-order valence-electron chi connectivity index (χ2n) is 14.5. The second-order valence-corrected chi connectivity index (χ2v) is 14.5. The molecule has 0 heterocycles. The molecule has 1 unspecified atom stereocenters. The van der Waals surface area contributed by atoms with Crippen molar-refractivity contribution in [3.63, 3.8) is 0 Å². The zero-order valence-electron chi connectivity index (χ0n) is 28.4. The average molecular weight is 657 g/mol. The summed E-state index contributed by atoms with van der Waals surface area (Å²) in [7, 11) is 0. The third-order valence-corrected chi connectivity index (χ3v) is 10.4. The summed E-state index contributed by atoms with van der Waals surface area (Å²) >= 11 is 0. The van der Waals surface area contributed by atoms with Crippen LogP contribution in [-0.4, -0.2) is 12.6 Å². The number of ether oxygens (including phenoxy) is 1. The van der Waals surface area contributed by atoms with Gasteiger partial charge in [-0.1, -0.05) is 106 Å². The fourth-order valence-corrected chi connectivity index (χ4v) is 7.92. The minimum atomic E-state index is -4.48. The van der Waals surface area contributed by atoms with Gasteiger partial charge in [-0.3, -0.25) is 0 Å². The molecule has 0 saturated carbocycles. The number of hydrogen-bond acceptors (Lipinski definition) is 2. The van der Waals surface area contributed by atoms with Gasteiger partial charge >= 0.3 is 12.1 Å². The quantitative estimate of drug-likeness (QED) is 0.0536. The van der Waals surface area contributed by atoms with Crippen LogP contribution in [0.1, 0.15) is 69.2 Å². The van der Waals surface area contributed by atoms with Crippen molar-refractivity contribution in [1.29, 1.82) is 0 Å². The summed E-state index contributed by atoms with van der Waals surface area (Å²) in [5.74, 6) is -0.492. The molecule has 0 bridgehead atoms. The van der Waals surface area contributed by atoms with Gasteiger partial charge in [-0.15, -0.1) is 0 Å². The summed E-state index contributed by atoms with van der Waals surface area (Å²) in [5, 5.41) is 7.18. The largest absolute Gasteiger partial charge is 0.463 e. The van der Waals surface area contributed by atoms with E-state index in [0.29, 0.717) is 24.8 Å². The third kappa shape index (κ3) is 5.31. The number of halogens is 3. The Bertz CT molecular complexity index is 2280. The summed E-state index contributed by atoms with van der Waals surface area (Å²) in [6.45, 7) is 16.7. The first-order valence-corrected chi connectivity index (χ1v) is 16.8. The monoisotopic (exact) mass is 656 g/mol. The molecule has 0 amide bonds. The van der Waals surface area contributed by atoms with E-state index in [0.717, 1.165) is 44.9 Å². The molecule has 0 aliphatic heterocycles. The molecule has 7 rings (SSSR count). The van der Waals surface area contributed by atoms with Crippen LogP contribution < -0.4 is 0 Å². The van der Waals surface area contributed by atoms with Crippen molar-refractivity contribution >= 4 is 38.3 Å². The Morgan fingerprint density at radius 1 is 0.755 bits per heavy atom. The van der Waals surface area contributed by atoms with Crippen molar-refractivity contribution in [3.8, 4) is 22.3 Å². The molecule has 0 N–H and O–H groups in total. The lowest BCUT2D eigenvalue weighted by atomic mass is 9.69. The van der Waals surface area contributed by atoms with Crippen LogP contribution in [0.25, 0.3) is 54.6 Å². The van der Waals surface area contributed by atoms with Gasteiger partial charge in [0.2, 0.25) is 0 Å². The number of hydrogen-bond donors (Lipinski definition) is 0. The van der Waals surface area contributed by atoms with E-state index in [9.17, 15) is 18.0 Å². The number of benzene rings is 6. The van der Waals surface area contributed by atoms with E-state index in [1.165, 1.54) is 44.6 Å². The number of alkyl halides is 3. The first kappa shape index (κ1) is 32.6. The fraction of sp³-hybridized carbons (Fsp3) is 0.250. The highest BCUT2D eigenvalue weighted by Crippen LogP contribution is 2.57. The van der Waals surface area contributed by atoms with E-state index in [1.54, 1.807) is 6.07 Å². The number of allylic oxidation sites excluding steroid dienone is 1. The number of rotatable bonds is 8. The second kappa shape index (κ2) is 11.6. The fourth-order valence-electron chi connectivity index (χ4n) is 7.92. The Balaban J connectivity index is 1.39. The summed E-state index contributed by atoms with van der Waals surface area (Å²) in [6, 6.07) is 28.1. The van der Waals surface area contributed by atoms with Crippen LogP contribution in [0.2, 0.25) is 0 Å². The molecule has 2 nitrogen and oxygen atoms in total. The highest BCUT2D eigenvalue weighted by atomic mass is 19.4. The molecule has 6 aromatic rings. The molecule has 6 aromatic carbocycles. The minimum Gasteiger partial charge on any atom is -0.463 e. The number of esters is 1. The van der Waals surface area contributed by atoms with Crippen molar-refractivity contribution in [2.75, 3.05) is 6.61 Å². The van der Waals surface area contributed by atoms with Gasteiger partial charge in [-0.05, 0) is 121 Å².